The second-order valence-corrected chi connectivity index (χ2v) is 7.11. The molecular weight excluding hydrogens is 347 g/mol. The second-order valence-electron chi connectivity index (χ2n) is 7.11. The van der Waals surface area contributed by atoms with Gasteiger partial charge in [-0.2, -0.15) is 0 Å². The summed E-state index contributed by atoms with van der Waals surface area (Å²) < 4.78 is 26.0. The van der Waals surface area contributed by atoms with Gasteiger partial charge in [-0.05, 0) is 31.5 Å². The van der Waals surface area contributed by atoms with Crippen molar-refractivity contribution in [1.82, 2.24) is 4.90 Å². The van der Waals surface area contributed by atoms with Crippen LogP contribution in [-0.4, -0.2) is 23.4 Å². The molecule has 0 spiro atoms. The molecule has 2 aliphatic heterocycles. The van der Waals surface area contributed by atoms with Gasteiger partial charge in [0.2, 0.25) is 12.2 Å². The van der Waals surface area contributed by atoms with Crippen molar-refractivity contribution < 1.29 is 18.7 Å². The number of ether oxygens (including phenoxy) is 2. The first-order valence-corrected chi connectivity index (χ1v) is 9.29. The van der Waals surface area contributed by atoms with E-state index in [0.717, 1.165) is 36.9 Å². The fourth-order valence-corrected chi connectivity index (χ4v) is 3.89. The zero-order chi connectivity index (χ0) is 18.8. The van der Waals surface area contributed by atoms with Gasteiger partial charge in [-0.15, -0.1) is 0 Å². The van der Waals surface area contributed by atoms with Gasteiger partial charge in [0.15, 0.2) is 0 Å². The lowest BCUT2D eigenvalue weighted by Crippen LogP contribution is -2.47. The Morgan fingerprint density at radius 2 is 2.04 bits per heavy atom. The molecule has 2 atom stereocenters. The standard InChI is InChI=1S/C21H23FN2O3/c22-17-10-15(12-24-9-5-4-8-18(24)20(23)25)19-16(11-17)13-26-21(27-19)14-6-2-1-3-7-14/h1-3,6-7,10-11,18,21H,4-5,8-9,12-13H2,(H2,23,25). The first-order chi connectivity index (χ1) is 13.1. The molecule has 2 aromatic carbocycles. The Hall–Kier alpha value is -2.44. The molecule has 142 valence electrons. The minimum Gasteiger partial charge on any atom is -0.460 e. The topological polar surface area (TPSA) is 64.8 Å². The van der Waals surface area contributed by atoms with Crippen molar-refractivity contribution in [2.45, 2.75) is 44.7 Å². The average Bonchev–Trinajstić information content (AvgIpc) is 2.68. The van der Waals surface area contributed by atoms with Crippen molar-refractivity contribution in [2.24, 2.45) is 5.73 Å². The van der Waals surface area contributed by atoms with Crippen molar-refractivity contribution in [3.05, 3.63) is 65.0 Å². The summed E-state index contributed by atoms with van der Waals surface area (Å²) in [6.07, 6.45) is 2.18. The third-order valence-electron chi connectivity index (χ3n) is 5.21. The minimum absolute atomic E-state index is 0.277. The maximum atomic E-state index is 14.2. The zero-order valence-corrected chi connectivity index (χ0v) is 15.1. The van der Waals surface area contributed by atoms with Gasteiger partial charge in [-0.1, -0.05) is 36.8 Å². The molecule has 2 heterocycles. The fraction of sp³-hybridized carbons (Fsp3) is 0.381. The molecule has 0 radical (unpaired) electrons. The Kier molecular flexibility index (Phi) is 5.09. The number of benzene rings is 2. The summed E-state index contributed by atoms with van der Waals surface area (Å²) in [6, 6.07) is 12.3. The Morgan fingerprint density at radius 1 is 1.22 bits per heavy atom. The largest absolute Gasteiger partial charge is 0.460 e. The number of piperidine rings is 1. The van der Waals surface area contributed by atoms with E-state index in [9.17, 15) is 9.18 Å². The van der Waals surface area contributed by atoms with Gasteiger partial charge in [0, 0.05) is 23.2 Å². The number of primary amides is 1. The summed E-state index contributed by atoms with van der Waals surface area (Å²) in [5, 5.41) is 0. The number of halogens is 1. The highest BCUT2D eigenvalue weighted by Crippen LogP contribution is 2.37. The van der Waals surface area contributed by atoms with Crippen LogP contribution in [0.1, 0.15) is 42.2 Å². The van der Waals surface area contributed by atoms with Gasteiger partial charge < -0.3 is 15.2 Å². The van der Waals surface area contributed by atoms with Gasteiger partial charge in [0.25, 0.3) is 0 Å². The number of fused-ring (bicyclic) bond motifs is 1. The van der Waals surface area contributed by atoms with Crippen LogP contribution in [0.4, 0.5) is 4.39 Å². The first-order valence-electron chi connectivity index (χ1n) is 9.29. The van der Waals surface area contributed by atoms with Crippen LogP contribution >= 0.6 is 0 Å². The van der Waals surface area contributed by atoms with Gasteiger partial charge >= 0.3 is 0 Å². The van der Waals surface area contributed by atoms with Crippen LogP contribution in [0.25, 0.3) is 0 Å². The van der Waals surface area contributed by atoms with Crippen LogP contribution in [0.3, 0.4) is 0 Å². The number of nitrogens with zero attached hydrogens (tertiary/aromatic N) is 1. The van der Waals surface area contributed by atoms with Gasteiger partial charge in [0.05, 0.1) is 12.6 Å². The summed E-state index contributed by atoms with van der Waals surface area (Å²) >= 11 is 0. The number of amides is 1. The van der Waals surface area contributed by atoms with E-state index in [4.69, 9.17) is 15.2 Å². The van der Waals surface area contributed by atoms with Crippen LogP contribution in [0.15, 0.2) is 42.5 Å². The van der Waals surface area contributed by atoms with E-state index in [1.165, 1.54) is 12.1 Å². The quantitative estimate of drug-likeness (QED) is 0.897. The van der Waals surface area contributed by atoms with Crippen LogP contribution in [-0.2, 0) is 22.7 Å². The van der Waals surface area contributed by atoms with E-state index < -0.39 is 6.29 Å². The predicted molar refractivity (Wildman–Crippen MR) is 98.2 cm³/mol. The highest BCUT2D eigenvalue weighted by Gasteiger charge is 2.30. The predicted octanol–water partition coefficient (Wildman–Crippen LogP) is 3.27. The summed E-state index contributed by atoms with van der Waals surface area (Å²) in [7, 11) is 0. The Morgan fingerprint density at radius 3 is 2.81 bits per heavy atom. The molecule has 1 saturated heterocycles. The molecular formula is C21H23FN2O3. The molecule has 0 aromatic heterocycles. The van der Waals surface area contributed by atoms with Crippen LogP contribution in [0.5, 0.6) is 5.75 Å². The lowest BCUT2D eigenvalue weighted by molar-refractivity contribution is -0.125. The fourth-order valence-electron chi connectivity index (χ4n) is 3.89. The second kappa shape index (κ2) is 7.66. The Bertz CT molecular complexity index is 828. The van der Waals surface area contributed by atoms with Crippen molar-refractivity contribution in [1.29, 1.82) is 0 Å². The monoisotopic (exact) mass is 370 g/mol. The minimum atomic E-state index is -0.531. The van der Waals surface area contributed by atoms with Crippen molar-refractivity contribution in [2.75, 3.05) is 6.54 Å². The van der Waals surface area contributed by atoms with Crippen molar-refractivity contribution in [3.8, 4) is 5.75 Å². The van der Waals surface area contributed by atoms with E-state index in [2.05, 4.69) is 0 Å². The molecule has 6 heteroatoms. The van der Waals surface area contributed by atoms with E-state index >= 15 is 0 Å². The molecule has 0 bridgehead atoms. The lowest BCUT2D eigenvalue weighted by atomic mass is 9.99. The number of nitrogens with two attached hydrogens (primary N) is 1. The van der Waals surface area contributed by atoms with E-state index in [1.807, 2.05) is 35.2 Å². The van der Waals surface area contributed by atoms with Crippen LogP contribution in [0.2, 0.25) is 0 Å². The van der Waals surface area contributed by atoms with Gasteiger partial charge in [-0.25, -0.2) is 4.39 Å². The maximum Gasteiger partial charge on any atom is 0.234 e. The highest BCUT2D eigenvalue weighted by molar-refractivity contribution is 5.79. The third kappa shape index (κ3) is 3.82. The molecule has 2 aliphatic rings. The lowest BCUT2D eigenvalue weighted by Gasteiger charge is -2.35. The van der Waals surface area contributed by atoms with E-state index in [-0.39, 0.29) is 24.4 Å². The smallest absolute Gasteiger partial charge is 0.234 e. The normalized spacial score (nSPS) is 22.7. The number of carbonyl (C=O) groups excluding carboxylic acids is 1. The molecule has 4 rings (SSSR count). The molecule has 1 fully saturated rings. The molecule has 1 amide bonds. The summed E-state index contributed by atoms with van der Waals surface area (Å²) in [5.41, 5.74) is 7.89. The highest BCUT2D eigenvalue weighted by atomic mass is 19.1. The number of rotatable bonds is 4. The van der Waals surface area contributed by atoms with Crippen molar-refractivity contribution in [3.63, 3.8) is 0 Å². The Labute approximate surface area is 157 Å². The number of likely N-dealkylation sites (tertiary alicyclic amines) is 1. The number of hydrogen-bond donors (Lipinski definition) is 1. The molecule has 2 N–H and O–H groups in total. The molecule has 0 saturated carbocycles. The SMILES string of the molecule is NC(=O)C1CCCCN1Cc1cc(F)cc2c1OC(c1ccccc1)OC2. The van der Waals surface area contributed by atoms with Crippen molar-refractivity contribution >= 4 is 5.91 Å². The maximum absolute atomic E-state index is 14.2. The number of hydrogen-bond acceptors (Lipinski definition) is 4. The van der Waals surface area contributed by atoms with Gasteiger partial charge in [-0.3, -0.25) is 9.69 Å². The van der Waals surface area contributed by atoms with E-state index in [0.29, 0.717) is 17.9 Å². The summed E-state index contributed by atoms with van der Waals surface area (Å²) in [5.74, 6) is -0.0153. The summed E-state index contributed by atoms with van der Waals surface area (Å²) in [6.45, 7) is 1.46. The number of carbonyl (C=O) groups is 1. The van der Waals surface area contributed by atoms with Gasteiger partial charge in [0.1, 0.15) is 11.6 Å². The molecule has 2 aromatic rings. The molecule has 27 heavy (non-hydrogen) atoms. The molecule has 2 unspecified atom stereocenters. The van der Waals surface area contributed by atoms with E-state index in [1.54, 1.807) is 0 Å². The Balaban J connectivity index is 1.62. The van der Waals surface area contributed by atoms with Crippen LogP contribution in [0, 0.1) is 5.82 Å². The summed E-state index contributed by atoms with van der Waals surface area (Å²) in [4.78, 5) is 13.8. The van der Waals surface area contributed by atoms with Crippen LogP contribution < -0.4 is 10.5 Å². The third-order valence-corrected chi connectivity index (χ3v) is 5.21. The zero-order valence-electron chi connectivity index (χ0n) is 15.1. The molecule has 5 nitrogen and oxygen atoms in total. The average molecular weight is 370 g/mol. The molecule has 0 aliphatic carbocycles. The first kappa shape index (κ1) is 17.9.